The van der Waals surface area contributed by atoms with Gasteiger partial charge in [-0.1, -0.05) is 102 Å². The molecule has 0 aliphatic rings. The van der Waals surface area contributed by atoms with Gasteiger partial charge in [-0.2, -0.15) is 0 Å². The van der Waals surface area contributed by atoms with E-state index in [0.717, 1.165) is 0 Å². The molecule has 0 aromatic heterocycles. The molecule has 1 aromatic rings. The van der Waals surface area contributed by atoms with Crippen molar-refractivity contribution in [1.29, 1.82) is 0 Å². The molecule has 0 spiro atoms. The molecule has 158 valence electrons. The lowest BCUT2D eigenvalue weighted by atomic mass is 10.0. The molecule has 0 radical (unpaired) electrons. The molecule has 0 amide bonds. The highest BCUT2D eigenvalue weighted by Gasteiger charge is 1.99. The third kappa shape index (κ3) is 13.9. The van der Waals surface area contributed by atoms with E-state index >= 15 is 0 Å². The Balaban J connectivity index is 0.00000676. The quantitative estimate of drug-likeness (QED) is 0.277. The van der Waals surface area contributed by atoms with E-state index < -0.39 is 0 Å². The van der Waals surface area contributed by atoms with E-state index in [1.54, 1.807) is 5.56 Å². The number of benzene rings is 1. The van der Waals surface area contributed by atoms with Crippen LogP contribution in [0.3, 0.4) is 0 Å². The van der Waals surface area contributed by atoms with Gasteiger partial charge in [-0.25, -0.2) is 0 Å². The highest BCUT2D eigenvalue weighted by molar-refractivity contribution is 5.25. The highest BCUT2D eigenvalue weighted by Crippen LogP contribution is 2.15. The fourth-order valence-corrected chi connectivity index (χ4v) is 3.85. The van der Waals surface area contributed by atoms with Crippen LogP contribution < -0.4 is 0 Å². The fourth-order valence-electron chi connectivity index (χ4n) is 3.85. The monoisotopic (exact) mass is 377 g/mol. The molecule has 0 saturated heterocycles. The average molecular weight is 378 g/mol. The molecule has 0 fully saturated rings. The lowest BCUT2D eigenvalue weighted by Gasteiger charge is -2.17. The van der Waals surface area contributed by atoms with Crippen molar-refractivity contribution in [3.63, 3.8) is 0 Å². The first kappa shape index (κ1) is 26.1. The highest BCUT2D eigenvalue weighted by atomic mass is 16.0. The summed E-state index contributed by atoms with van der Waals surface area (Å²) in [7, 11) is 0. The Morgan fingerprint density at radius 1 is 0.630 bits per heavy atom. The molecule has 0 aliphatic heterocycles. The summed E-state index contributed by atoms with van der Waals surface area (Å²) in [6, 6.07) is 8.85. The molecule has 2 nitrogen and oxygen atoms in total. The lowest BCUT2D eigenvalue weighted by Crippen LogP contribution is -2.23. The van der Waals surface area contributed by atoms with E-state index in [2.05, 4.69) is 49.9 Å². The molecule has 2 heteroatoms. The zero-order valence-electron chi connectivity index (χ0n) is 18.6. The zero-order chi connectivity index (χ0) is 18.9. The van der Waals surface area contributed by atoms with Gasteiger partial charge in [-0.15, -0.1) is 0 Å². The number of hydrogen-bond acceptors (Lipinski definition) is 1. The van der Waals surface area contributed by atoms with Gasteiger partial charge in [0.15, 0.2) is 0 Å². The number of unbranched alkanes of at least 4 members (excludes halogenated alkanes) is 11. The van der Waals surface area contributed by atoms with Crippen LogP contribution in [0.25, 0.3) is 0 Å². The Bertz CT molecular complexity index is 428. The van der Waals surface area contributed by atoms with E-state index in [4.69, 9.17) is 0 Å². The van der Waals surface area contributed by atoms with Gasteiger partial charge in [0, 0.05) is 0 Å². The second-order valence-electron chi connectivity index (χ2n) is 7.95. The first-order valence-corrected chi connectivity index (χ1v) is 11.5. The van der Waals surface area contributed by atoms with Crippen molar-refractivity contribution in [2.45, 2.75) is 104 Å². The SMILES string of the molecule is CCN(CC)CCCCCCCCCCCCCCc1ccccc1C.O. The van der Waals surface area contributed by atoms with Crippen molar-refractivity contribution < 1.29 is 5.48 Å². The number of aryl methyl sites for hydroxylation is 2. The molecule has 0 bridgehead atoms. The van der Waals surface area contributed by atoms with Gasteiger partial charge in [-0.05, 0) is 56.9 Å². The van der Waals surface area contributed by atoms with E-state index in [9.17, 15) is 0 Å². The van der Waals surface area contributed by atoms with E-state index in [1.807, 2.05) is 0 Å². The van der Waals surface area contributed by atoms with Crippen LogP contribution in [0.2, 0.25) is 0 Å². The van der Waals surface area contributed by atoms with E-state index in [1.165, 1.54) is 109 Å². The fraction of sp³-hybridized carbons (Fsp3) is 0.760. The molecule has 0 unspecified atom stereocenters. The Morgan fingerprint density at radius 3 is 1.56 bits per heavy atom. The Kier molecular flexibility index (Phi) is 17.9. The van der Waals surface area contributed by atoms with E-state index in [-0.39, 0.29) is 5.48 Å². The van der Waals surface area contributed by atoms with Crippen LogP contribution in [0.15, 0.2) is 24.3 Å². The molecule has 27 heavy (non-hydrogen) atoms. The summed E-state index contributed by atoms with van der Waals surface area (Å²) >= 11 is 0. The standard InChI is InChI=1S/C25H45N.H2O/c1-4-26(5-2)23-19-15-13-11-9-7-6-8-10-12-14-16-21-25-22-18-17-20-24(25)3;/h17-18,20,22H,4-16,19,21,23H2,1-3H3;1H2. The summed E-state index contributed by atoms with van der Waals surface area (Å²) in [5, 5.41) is 0. The number of nitrogens with zero attached hydrogens (tertiary/aromatic N) is 1. The topological polar surface area (TPSA) is 34.7 Å². The van der Waals surface area contributed by atoms with Crippen LogP contribution in [-0.2, 0) is 6.42 Å². The Labute approximate surface area is 170 Å². The van der Waals surface area contributed by atoms with Gasteiger partial charge in [0.2, 0.25) is 0 Å². The predicted molar refractivity (Wildman–Crippen MR) is 122 cm³/mol. The van der Waals surface area contributed by atoms with Crippen LogP contribution in [0.4, 0.5) is 0 Å². The molecule has 0 aliphatic carbocycles. The lowest BCUT2D eigenvalue weighted by molar-refractivity contribution is 0.295. The maximum Gasteiger partial charge on any atom is -0.00190 e. The molecule has 0 atom stereocenters. The maximum absolute atomic E-state index is 2.54. The Hall–Kier alpha value is -0.860. The van der Waals surface area contributed by atoms with Gasteiger partial charge in [0.1, 0.15) is 0 Å². The predicted octanol–water partition coefficient (Wildman–Crippen LogP) is 6.74. The third-order valence-electron chi connectivity index (χ3n) is 5.83. The van der Waals surface area contributed by atoms with Crippen molar-refractivity contribution in [3.05, 3.63) is 35.4 Å². The minimum absolute atomic E-state index is 0. The van der Waals surface area contributed by atoms with Gasteiger partial charge in [-0.3, -0.25) is 0 Å². The van der Waals surface area contributed by atoms with Crippen LogP contribution in [0.1, 0.15) is 102 Å². The maximum atomic E-state index is 2.54. The van der Waals surface area contributed by atoms with Crippen molar-refractivity contribution >= 4 is 0 Å². The molecule has 0 saturated carbocycles. The molecule has 0 heterocycles. The molecular weight excluding hydrogens is 330 g/mol. The van der Waals surface area contributed by atoms with Crippen molar-refractivity contribution in [1.82, 2.24) is 4.90 Å². The smallest absolute Gasteiger partial charge is 0.00190 e. The van der Waals surface area contributed by atoms with Crippen LogP contribution in [0.5, 0.6) is 0 Å². The first-order valence-electron chi connectivity index (χ1n) is 11.5. The van der Waals surface area contributed by atoms with Crippen molar-refractivity contribution in [2.75, 3.05) is 19.6 Å². The first-order chi connectivity index (χ1) is 12.8. The molecule has 1 aromatic carbocycles. The van der Waals surface area contributed by atoms with Gasteiger partial charge in [0.05, 0.1) is 0 Å². The summed E-state index contributed by atoms with van der Waals surface area (Å²) in [5.74, 6) is 0. The number of hydrogen-bond donors (Lipinski definition) is 0. The summed E-state index contributed by atoms with van der Waals surface area (Å²) in [5.41, 5.74) is 3.00. The largest absolute Gasteiger partial charge is 0.412 e. The minimum Gasteiger partial charge on any atom is -0.412 e. The van der Waals surface area contributed by atoms with Crippen LogP contribution in [0, 0.1) is 6.92 Å². The van der Waals surface area contributed by atoms with Gasteiger partial charge >= 0.3 is 0 Å². The molecule has 1 rings (SSSR count). The van der Waals surface area contributed by atoms with Crippen molar-refractivity contribution in [3.8, 4) is 0 Å². The minimum atomic E-state index is 0. The van der Waals surface area contributed by atoms with Gasteiger partial charge < -0.3 is 10.4 Å². The average Bonchev–Trinajstić information content (AvgIpc) is 2.66. The van der Waals surface area contributed by atoms with Crippen LogP contribution in [-0.4, -0.2) is 30.0 Å². The Morgan fingerprint density at radius 2 is 1.07 bits per heavy atom. The van der Waals surface area contributed by atoms with Crippen LogP contribution >= 0.6 is 0 Å². The summed E-state index contributed by atoms with van der Waals surface area (Å²) in [6.07, 6.45) is 18.4. The number of rotatable bonds is 17. The summed E-state index contributed by atoms with van der Waals surface area (Å²) in [4.78, 5) is 2.54. The summed E-state index contributed by atoms with van der Waals surface area (Å²) in [6.45, 7) is 10.5. The van der Waals surface area contributed by atoms with Crippen molar-refractivity contribution in [2.24, 2.45) is 0 Å². The third-order valence-corrected chi connectivity index (χ3v) is 5.83. The second kappa shape index (κ2) is 18.5. The molecular formula is C25H47NO. The molecule has 2 N–H and O–H groups in total. The normalized spacial score (nSPS) is 11.0. The van der Waals surface area contributed by atoms with E-state index in [0.29, 0.717) is 0 Å². The second-order valence-corrected chi connectivity index (χ2v) is 7.95. The zero-order valence-corrected chi connectivity index (χ0v) is 18.6. The van der Waals surface area contributed by atoms with Gasteiger partial charge in [0.25, 0.3) is 0 Å². The summed E-state index contributed by atoms with van der Waals surface area (Å²) < 4.78 is 0.